The van der Waals surface area contributed by atoms with Gasteiger partial charge in [-0.3, -0.25) is 0 Å². The van der Waals surface area contributed by atoms with Crippen molar-refractivity contribution in [2.24, 2.45) is 0 Å². The van der Waals surface area contributed by atoms with Crippen molar-refractivity contribution in [3.63, 3.8) is 0 Å². The maximum absolute atomic E-state index is 4.47. The summed E-state index contributed by atoms with van der Waals surface area (Å²) in [5.74, 6) is 0. The fraction of sp³-hybridized carbons (Fsp3) is 1.00. The molecule has 0 N–H and O–H groups in total. The van der Waals surface area contributed by atoms with Crippen molar-refractivity contribution in [1.82, 2.24) is 9.80 Å². The summed E-state index contributed by atoms with van der Waals surface area (Å²) < 4.78 is 0. The van der Waals surface area contributed by atoms with Gasteiger partial charge in [0.2, 0.25) is 0 Å². The van der Waals surface area contributed by atoms with Crippen molar-refractivity contribution in [3.8, 4) is 0 Å². The van der Waals surface area contributed by atoms with Gasteiger partial charge in [-0.05, 0) is 52.1 Å². The maximum Gasteiger partial charge on any atom is 0 e. The monoisotopic (exact) mass is 541 g/mol. The molecule has 215 valence electrons. The van der Waals surface area contributed by atoms with Gasteiger partial charge in [0.25, 0.3) is 0 Å². The van der Waals surface area contributed by atoms with Crippen LogP contribution in [-0.2, 0) is 17.1 Å². The molecule has 0 spiro atoms. The van der Waals surface area contributed by atoms with Crippen molar-refractivity contribution < 1.29 is 17.1 Å². The molecule has 0 atom stereocenters. The number of unbranched alkanes of at least 4 members (excludes halogenated alkanes) is 10. The summed E-state index contributed by atoms with van der Waals surface area (Å²) in [5, 5.41) is 17.9. The molecule has 0 bridgehead atoms. The zero-order valence-corrected chi connectivity index (χ0v) is 24.3. The summed E-state index contributed by atoms with van der Waals surface area (Å²) in [6, 6.07) is 0. The molecule has 0 aromatic rings. The molecule has 2 aliphatic rings. The van der Waals surface area contributed by atoms with Crippen molar-refractivity contribution in [1.29, 1.82) is 0 Å². The zero-order chi connectivity index (χ0) is 24.4. The second-order valence-corrected chi connectivity index (χ2v) is 9.90. The van der Waals surface area contributed by atoms with Gasteiger partial charge in [0.05, 0.1) is 0 Å². The van der Waals surface area contributed by atoms with E-state index in [0.29, 0.717) is 0 Å². The van der Waals surface area contributed by atoms with Crippen LogP contribution in [-0.4, -0.2) is 101 Å². The SMILES string of the molecule is CCCCCCCCN1CC[N-]CC[N-]CC1.CCCCCCCCN1CC[N-]CC[N-]CC1.[Cu]. The van der Waals surface area contributed by atoms with E-state index in [0.717, 1.165) is 78.5 Å². The van der Waals surface area contributed by atoms with E-state index < -0.39 is 0 Å². The molecule has 2 saturated heterocycles. The summed E-state index contributed by atoms with van der Waals surface area (Å²) in [6.45, 7) is 19.4. The van der Waals surface area contributed by atoms with Crippen LogP contribution in [0, 0.1) is 0 Å². The Labute approximate surface area is 230 Å². The van der Waals surface area contributed by atoms with Gasteiger partial charge in [0.15, 0.2) is 0 Å². The van der Waals surface area contributed by atoms with E-state index in [-0.39, 0.29) is 17.1 Å². The predicted octanol–water partition coefficient (Wildman–Crippen LogP) is 6.82. The summed E-state index contributed by atoms with van der Waals surface area (Å²) in [6.07, 6.45) is 16.6. The normalized spacial score (nSPS) is 19.0. The van der Waals surface area contributed by atoms with E-state index >= 15 is 0 Å². The largest absolute Gasteiger partial charge is 0.663 e. The molecule has 7 heteroatoms. The molecular formula is C28H58CuN6-4. The molecule has 2 rings (SSSR count). The molecule has 6 nitrogen and oxygen atoms in total. The third-order valence-electron chi connectivity index (χ3n) is 6.79. The van der Waals surface area contributed by atoms with Crippen LogP contribution >= 0.6 is 0 Å². The van der Waals surface area contributed by atoms with Crippen molar-refractivity contribution in [3.05, 3.63) is 21.3 Å². The molecule has 0 aliphatic carbocycles. The smallest absolute Gasteiger partial charge is 0 e. The van der Waals surface area contributed by atoms with Gasteiger partial charge in [-0.15, -0.1) is 26.2 Å². The molecule has 2 aliphatic heterocycles. The summed E-state index contributed by atoms with van der Waals surface area (Å²) in [7, 11) is 0. The maximum atomic E-state index is 4.47. The number of hydrogen-bond acceptors (Lipinski definition) is 2. The molecule has 35 heavy (non-hydrogen) atoms. The van der Waals surface area contributed by atoms with Gasteiger partial charge in [0.1, 0.15) is 0 Å². The van der Waals surface area contributed by atoms with Crippen LogP contribution in [0.1, 0.15) is 90.9 Å². The third-order valence-corrected chi connectivity index (χ3v) is 6.79. The molecule has 0 aromatic carbocycles. The van der Waals surface area contributed by atoms with Crippen LogP contribution in [0.25, 0.3) is 21.3 Å². The van der Waals surface area contributed by atoms with E-state index in [9.17, 15) is 0 Å². The van der Waals surface area contributed by atoms with E-state index in [1.807, 2.05) is 0 Å². The van der Waals surface area contributed by atoms with E-state index in [1.165, 1.54) is 90.1 Å². The number of rotatable bonds is 14. The van der Waals surface area contributed by atoms with Gasteiger partial charge in [-0.2, -0.15) is 26.2 Å². The van der Waals surface area contributed by atoms with Gasteiger partial charge in [-0.1, -0.05) is 78.1 Å². The molecule has 0 aromatic heterocycles. The van der Waals surface area contributed by atoms with Crippen LogP contribution in [0.4, 0.5) is 0 Å². The average molecular weight is 542 g/mol. The average Bonchev–Trinajstić information content (AvgIpc) is 3.07. The Morgan fingerprint density at radius 1 is 0.400 bits per heavy atom. The Bertz CT molecular complexity index is 346. The predicted molar refractivity (Wildman–Crippen MR) is 152 cm³/mol. The Balaban J connectivity index is 0.000000642. The van der Waals surface area contributed by atoms with Crippen LogP contribution in [0.5, 0.6) is 0 Å². The van der Waals surface area contributed by atoms with Crippen LogP contribution in [0.3, 0.4) is 0 Å². The van der Waals surface area contributed by atoms with E-state index in [2.05, 4.69) is 44.9 Å². The quantitative estimate of drug-likeness (QED) is 0.179. The zero-order valence-electron chi connectivity index (χ0n) is 23.4. The number of hydrogen-bond donors (Lipinski definition) is 0. The first-order chi connectivity index (χ1) is 16.9. The van der Waals surface area contributed by atoms with Crippen molar-refractivity contribution in [2.45, 2.75) is 90.9 Å². The molecule has 0 amide bonds. The Morgan fingerprint density at radius 2 is 0.686 bits per heavy atom. The van der Waals surface area contributed by atoms with Crippen molar-refractivity contribution in [2.75, 3.05) is 91.6 Å². The third kappa shape index (κ3) is 24.4. The van der Waals surface area contributed by atoms with Crippen LogP contribution < -0.4 is 0 Å². The fourth-order valence-corrected chi connectivity index (χ4v) is 4.48. The van der Waals surface area contributed by atoms with Gasteiger partial charge < -0.3 is 31.1 Å². The van der Waals surface area contributed by atoms with E-state index in [1.54, 1.807) is 0 Å². The summed E-state index contributed by atoms with van der Waals surface area (Å²) >= 11 is 0. The second kappa shape index (κ2) is 28.8. The van der Waals surface area contributed by atoms with Gasteiger partial charge in [0, 0.05) is 17.1 Å². The van der Waals surface area contributed by atoms with Crippen LogP contribution in [0.15, 0.2) is 0 Å². The minimum absolute atomic E-state index is 0. The summed E-state index contributed by atoms with van der Waals surface area (Å²) in [4.78, 5) is 5.08. The molecule has 1 radical (unpaired) electrons. The first-order valence-corrected chi connectivity index (χ1v) is 14.8. The molecule has 2 heterocycles. The second-order valence-electron chi connectivity index (χ2n) is 9.90. The molecule has 0 unspecified atom stereocenters. The van der Waals surface area contributed by atoms with Gasteiger partial charge >= 0.3 is 0 Å². The molecule has 0 saturated carbocycles. The van der Waals surface area contributed by atoms with Crippen molar-refractivity contribution >= 4 is 0 Å². The van der Waals surface area contributed by atoms with Gasteiger partial charge in [-0.25, -0.2) is 0 Å². The summed E-state index contributed by atoms with van der Waals surface area (Å²) in [5.41, 5.74) is 0. The Hall–Kier alpha value is 0.279. The molecular weight excluding hydrogens is 484 g/mol. The minimum atomic E-state index is 0. The minimum Gasteiger partial charge on any atom is -0.663 e. The fourth-order valence-electron chi connectivity index (χ4n) is 4.48. The first kappa shape index (κ1) is 35.3. The Kier molecular flexibility index (Phi) is 29.1. The standard InChI is InChI=1S/2C14H29N3.Cu/c2*1-2-3-4-5-6-7-12-17-13-10-15-8-9-16-11-14-17;/h2*2-14H2,1H3;/q2*-2;. The first-order valence-electron chi connectivity index (χ1n) is 14.8. The van der Waals surface area contributed by atoms with Crippen LogP contribution in [0.2, 0.25) is 0 Å². The Morgan fingerprint density at radius 3 is 1.00 bits per heavy atom. The number of nitrogens with zero attached hydrogens (tertiary/aromatic N) is 6. The topological polar surface area (TPSA) is 62.9 Å². The van der Waals surface area contributed by atoms with E-state index in [4.69, 9.17) is 0 Å². The molecule has 2 fully saturated rings.